The van der Waals surface area contributed by atoms with Crippen molar-refractivity contribution >= 4 is 11.3 Å². The van der Waals surface area contributed by atoms with E-state index in [4.69, 9.17) is 0 Å². The zero-order valence-electron chi connectivity index (χ0n) is 7.53. The van der Waals surface area contributed by atoms with E-state index in [1.165, 1.54) is 11.3 Å². The van der Waals surface area contributed by atoms with Crippen molar-refractivity contribution < 1.29 is 5.11 Å². The molecule has 0 amide bonds. The molecule has 0 aliphatic carbocycles. The molecule has 0 aliphatic rings. The van der Waals surface area contributed by atoms with Crippen molar-refractivity contribution in [2.75, 3.05) is 0 Å². The van der Waals surface area contributed by atoms with Gasteiger partial charge in [0.15, 0.2) is 0 Å². The maximum absolute atomic E-state index is 9.58. The van der Waals surface area contributed by atoms with Crippen molar-refractivity contribution in [2.45, 2.75) is 26.9 Å². The normalized spacial score (nSPS) is 12.7. The van der Waals surface area contributed by atoms with Gasteiger partial charge < -0.3 is 5.11 Å². The van der Waals surface area contributed by atoms with Crippen molar-refractivity contribution in [3.63, 3.8) is 0 Å². The largest absolute Gasteiger partial charge is 0.382 e. The number of thiazole rings is 1. The fourth-order valence-corrected chi connectivity index (χ4v) is 1.64. The number of aliphatic hydroxyl groups is 1. The molecule has 66 valence electrons. The number of aliphatic hydroxyl groups excluding tert-OH is 1. The van der Waals surface area contributed by atoms with Crippen LogP contribution >= 0.6 is 11.3 Å². The molecule has 1 heterocycles. The minimum Gasteiger partial charge on any atom is -0.382 e. The Morgan fingerprint density at radius 1 is 1.67 bits per heavy atom. The van der Waals surface area contributed by atoms with E-state index in [2.05, 4.69) is 4.98 Å². The summed E-state index contributed by atoms with van der Waals surface area (Å²) in [7, 11) is 0. The van der Waals surface area contributed by atoms with E-state index < -0.39 is 6.10 Å². The Bertz CT molecular complexity index is 286. The van der Waals surface area contributed by atoms with E-state index in [0.717, 1.165) is 16.3 Å². The van der Waals surface area contributed by atoms with Crippen LogP contribution in [0.25, 0.3) is 0 Å². The molecule has 0 saturated carbocycles. The van der Waals surface area contributed by atoms with Crippen LogP contribution in [-0.4, -0.2) is 10.1 Å². The van der Waals surface area contributed by atoms with Gasteiger partial charge in [0.1, 0.15) is 11.1 Å². The van der Waals surface area contributed by atoms with Crippen molar-refractivity contribution in [3.05, 3.63) is 27.7 Å². The van der Waals surface area contributed by atoms with Gasteiger partial charge in [0.2, 0.25) is 0 Å². The molecule has 0 fully saturated rings. The Labute approximate surface area is 76.6 Å². The highest BCUT2D eigenvalue weighted by Gasteiger charge is 2.07. The van der Waals surface area contributed by atoms with Crippen LogP contribution in [0.15, 0.2) is 17.0 Å². The van der Waals surface area contributed by atoms with E-state index in [1.54, 1.807) is 6.08 Å². The maximum atomic E-state index is 9.58. The molecule has 0 bridgehead atoms. The molecule has 1 atom stereocenters. The van der Waals surface area contributed by atoms with Gasteiger partial charge >= 0.3 is 0 Å². The van der Waals surface area contributed by atoms with Crippen LogP contribution in [0.5, 0.6) is 0 Å². The molecule has 0 spiro atoms. The highest BCUT2D eigenvalue weighted by atomic mass is 32.1. The average Bonchev–Trinajstić information content (AvgIpc) is 2.34. The van der Waals surface area contributed by atoms with Crippen molar-refractivity contribution in [1.82, 2.24) is 4.98 Å². The third-order valence-corrected chi connectivity index (χ3v) is 2.41. The molecule has 12 heavy (non-hydrogen) atoms. The summed E-state index contributed by atoms with van der Waals surface area (Å²) in [5.74, 6) is 0. The van der Waals surface area contributed by atoms with Gasteiger partial charge in [-0.3, -0.25) is 0 Å². The number of aromatic nitrogens is 1. The topological polar surface area (TPSA) is 33.1 Å². The summed E-state index contributed by atoms with van der Waals surface area (Å²) >= 11 is 1.49. The van der Waals surface area contributed by atoms with E-state index >= 15 is 0 Å². The standard InChI is InChI=1S/C9H13NOS/c1-6(2)4-8(11)9-10-7(3)5-12-9/h4-5,8,11H,1-3H3. The van der Waals surface area contributed by atoms with Gasteiger partial charge in [-0.15, -0.1) is 11.3 Å². The van der Waals surface area contributed by atoms with Crippen molar-refractivity contribution in [2.24, 2.45) is 0 Å². The zero-order chi connectivity index (χ0) is 9.14. The highest BCUT2D eigenvalue weighted by molar-refractivity contribution is 7.09. The first-order valence-corrected chi connectivity index (χ1v) is 4.72. The van der Waals surface area contributed by atoms with Gasteiger partial charge in [-0.25, -0.2) is 4.98 Å². The van der Waals surface area contributed by atoms with Gasteiger partial charge in [-0.1, -0.05) is 11.6 Å². The van der Waals surface area contributed by atoms with Gasteiger partial charge in [-0.2, -0.15) is 0 Å². The number of rotatable bonds is 2. The third-order valence-electron chi connectivity index (χ3n) is 1.38. The first-order chi connectivity index (χ1) is 5.59. The molecule has 1 N–H and O–H groups in total. The molecule has 0 aromatic carbocycles. The summed E-state index contributed by atoms with van der Waals surface area (Å²) in [6.45, 7) is 5.85. The predicted octanol–water partition coefficient (Wildman–Crippen LogP) is 2.45. The summed E-state index contributed by atoms with van der Waals surface area (Å²) in [6, 6.07) is 0. The molecule has 1 aromatic heterocycles. The fourth-order valence-electron chi connectivity index (χ4n) is 0.895. The number of hydrogen-bond donors (Lipinski definition) is 1. The summed E-state index contributed by atoms with van der Waals surface area (Å²) in [6.07, 6.45) is 1.27. The predicted molar refractivity (Wildman–Crippen MR) is 51.2 cm³/mol. The molecule has 3 heteroatoms. The van der Waals surface area contributed by atoms with Crippen LogP contribution in [0.3, 0.4) is 0 Å². The third kappa shape index (κ3) is 2.43. The quantitative estimate of drug-likeness (QED) is 0.714. The second kappa shape index (κ2) is 3.83. The average molecular weight is 183 g/mol. The van der Waals surface area contributed by atoms with Crippen LogP contribution in [0, 0.1) is 6.92 Å². The first kappa shape index (κ1) is 9.42. The van der Waals surface area contributed by atoms with Crippen LogP contribution in [0.1, 0.15) is 30.7 Å². The van der Waals surface area contributed by atoms with Crippen LogP contribution in [0.4, 0.5) is 0 Å². The molecule has 2 nitrogen and oxygen atoms in total. The second-order valence-corrected chi connectivity index (χ2v) is 3.91. The zero-order valence-corrected chi connectivity index (χ0v) is 8.35. The Morgan fingerprint density at radius 3 is 2.75 bits per heavy atom. The number of hydrogen-bond acceptors (Lipinski definition) is 3. The van der Waals surface area contributed by atoms with Gasteiger partial charge in [0.05, 0.1) is 0 Å². The highest BCUT2D eigenvalue weighted by Crippen LogP contribution is 2.19. The summed E-state index contributed by atoms with van der Waals surface area (Å²) in [5.41, 5.74) is 2.08. The lowest BCUT2D eigenvalue weighted by Crippen LogP contribution is -1.92. The van der Waals surface area contributed by atoms with Gasteiger partial charge in [0, 0.05) is 11.1 Å². The number of nitrogens with zero attached hydrogens (tertiary/aromatic N) is 1. The Morgan fingerprint density at radius 2 is 2.33 bits per heavy atom. The molecule has 0 aliphatic heterocycles. The lowest BCUT2D eigenvalue weighted by atomic mass is 10.2. The second-order valence-electron chi connectivity index (χ2n) is 3.02. The van der Waals surface area contributed by atoms with Crippen molar-refractivity contribution in [3.8, 4) is 0 Å². The van der Waals surface area contributed by atoms with Crippen LogP contribution in [0.2, 0.25) is 0 Å². The Kier molecular flexibility index (Phi) is 3.00. The number of aryl methyl sites for hydroxylation is 1. The Balaban J connectivity index is 2.78. The van der Waals surface area contributed by atoms with E-state index in [1.807, 2.05) is 26.2 Å². The minimum absolute atomic E-state index is 0.534. The SMILES string of the molecule is CC(C)=CC(O)c1nc(C)cs1. The summed E-state index contributed by atoms with van der Waals surface area (Å²) in [5, 5.41) is 12.3. The van der Waals surface area contributed by atoms with E-state index in [9.17, 15) is 5.11 Å². The van der Waals surface area contributed by atoms with Crippen LogP contribution < -0.4 is 0 Å². The van der Waals surface area contributed by atoms with E-state index in [0.29, 0.717) is 0 Å². The molecule has 1 rings (SSSR count). The summed E-state index contributed by atoms with van der Waals surface area (Å²) < 4.78 is 0. The first-order valence-electron chi connectivity index (χ1n) is 3.84. The lowest BCUT2D eigenvalue weighted by Gasteiger charge is -2.00. The fraction of sp³-hybridized carbons (Fsp3) is 0.444. The molecular formula is C9H13NOS. The smallest absolute Gasteiger partial charge is 0.125 e. The van der Waals surface area contributed by atoms with E-state index in [-0.39, 0.29) is 0 Å². The molecule has 0 saturated heterocycles. The Hall–Kier alpha value is -0.670. The number of allylic oxidation sites excluding steroid dienone is 1. The lowest BCUT2D eigenvalue weighted by molar-refractivity contribution is 0.227. The van der Waals surface area contributed by atoms with Gasteiger partial charge in [-0.05, 0) is 20.8 Å². The van der Waals surface area contributed by atoms with Crippen molar-refractivity contribution in [1.29, 1.82) is 0 Å². The molecule has 1 unspecified atom stereocenters. The summed E-state index contributed by atoms with van der Waals surface area (Å²) in [4.78, 5) is 4.19. The van der Waals surface area contributed by atoms with Crippen LogP contribution in [-0.2, 0) is 0 Å². The monoisotopic (exact) mass is 183 g/mol. The maximum Gasteiger partial charge on any atom is 0.125 e. The molecular weight excluding hydrogens is 170 g/mol. The molecule has 0 radical (unpaired) electrons. The molecule has 1 aromatic rings. The minimum atomic E-state index is -0.534. The van der Waals surface area contributed by atoms with Gasteiger partial charge in [0.25, 0.3) is 0 Å².